The first-order valence-electron chi connectivity index (χ1n) is 8.20. The van der Waals surface area contributed by atoms with Crippen molar-refractivity contribution in [1.29, 1.82) is 0 Å². The number of carbonyl (C=O) groups is 1. The summed E-state index contributed by atoms with van der Waals surface area (Å²) < 4.78 is 7.43. The predicted molar refractivity (Wildman–Crippen MR) is 86.7 cm³/mol. The standard InChI is InChI=1S/C17H24N4O2/c1-3-8-23-12-14-10-21(11-15-17(14)20(2)19-18-15)16(22)9-13-6-4-5-7-13/h3-4,6,13-14H,1,5,7-12H2,2H3/t13-,14-/m0/s1. The van der Waals surface area contributed by atoms with Crippen molar-refractivity contribution in [3.05, 3.63) is 36.2 Å². The van der Waals surface area contributed by atoms with E-state index in [1.807, 2.05) is 11.9 Å². The van der Waals surface area contributed by atoms with Crippen LogP contribution < -0.4 is 0 Å². The van der Waals surface area contributed by atoms with Gasteiger partial charge in [-0.25, -0.2) is 0 Å². The molecule has 6 heteroatoms. The molecule has 1 aromatic heterocycles. The average Bonchev–Trinajstić information content (AvgIpc) is 3.17. The number of rotatable bonds is 6. The van der Waals surface area contributed by atoms with Crippen molar-refractivity contribution < 1.29 is 9.53 Å². The minimum absolute atomic E-state index is 0.113. The quantitative estimate of drug-likeness (QED) is 0.593. The molecule has 1 aromatic rings. The van der Waals surface area contributed by atoms with E-state index in [1.54, 1.807) is 10.8 Å². The van der Waals surface area contributed by atoms with Crippen LogP contribution in [0.25, 0.3) is 0 Å². The molecule has 0 N–H and O–H groups in total. The van der Waals surface area contributed by atoms with Gasteiger partial charge in [-0.2, -0.15) is 0 Å². The lowest BCUT2D eigenvalue weighted by molar-refractivity contribution is -0.133. The van der Waals surface area contributed by atoms with Gasteiger partial charge in [0.05, 0.1) is 25.5 Å². The molecule has 0 unspecified atom stereocenters. The van der Waals surface area contributed by atoms with Gasteiger partial charge in [0.15, 0.2) is 0 Å². The first-order valence-corrected chi connectivity index (χ1v) is 8.20. The van der Waals surface area contributed by atoms with E-state index in [0.717, 1.165) is 24.2 Å². The van der Waals surface area contributed by atoms with Crippen molar-refractivity contribution in [3.63, 3.8) is 0 Å². The molecular weight excluding hydrogens is 292 g/mol. The summed E-state index contributed by atoms with van der Waals surface area (Å²) in [5.74, 6) is 0.703. The lowest BCUT2D eigenvalue weighted by atomic mass is 9.97. The van der Waals surface area contributed by atoms with Gasteiger partial charge in [0, 0.05) is 25.9 Å². The number of amides is 1. The number of nitrogens with zero attached hydrogens (tertiary/aromatic N) is 4. The van der Waals surface area contributed by atoms with E-state index < -0.39 is 0 Å². The average molecular weight is 316 g/mol. The summed E-state index contributed by atoms with van der Waals surface area (Å²) >= 11 is 0. The molecule has 0 radical (unpaired) electrons. The first-order chi connectivity index (χ1) is 11.2. The third kappa shape index (κ3) is 3.52. The number of aryl methyl sites for hydroxylation is 1. The Morgan fingerprint density at radius 2 is 2.43 bits per heavy atom. The maximum Gasteiger partial charge on any atom is 0.223 e. The lowest BCUT2D eigenvalue weighted by Crippen LogP contribution is -2.40. The molecular formula is C17H24N4O2. The summed E-state index contributed by atoms with van der Waals surface area (Å²) in [6, 6.07) is 0. The van der Waals surface area contributed by atoms with Crippen molar-refractivity contribution >= 4 is 5.91 Å². The van der Waals surface area contributed by atoms with Crippen molar-refractivity contribution in [2.75, 3.05) is 19.8 Å². The molecule has 0 fully saturated rings. The van der Waals surface area contributed by atoms with Gasteiger partial charge >= 0.3 is 0 Å². The van der Waals surface area contributed by atoms with E-state index in [2.05, 4.69) is 29.0 Å². The molecule has 1 aliphatic heterocycles. The Bertz CT molecular complexity index is 608. The summed E-state index contributed by atoms with van der Waals surface area (Å²) in [4.78, 5) is 14.5. The number of aromatic nitrogens is 3. The van der Waals surface area contributed by atoms with Crippen LogP contribution in [0.2, 0.25) is 0 Å². The molecule has 1 aliphatic carbocycles. The van der Waals surface area contributed by atoms with E-state index in [9.17, 15) is 4.79 Å². The summed E-state index contributed by atoms with van der Waals surface area (Å²) in [5.41, 5.74) is 1.97. The zero-order valence-electron chi connectivity index (χ0n) is 13.6. The van der Waals surface area contributed by atoms with Crippen molar-refractivity contribution in [2.24, 2.45) is 13.0 Å². The van der Waals surface area contributed by atoms with Crippen LogP contribution in [-0.4, -0.2) is 45.6 Å². The van der Waals surface area contributed by atoms with Gasteiger partial charge in [0.1, 0.15) is 5.69 Å². The molecule has 0 bridgehead atoms. The first kappa shape index (κ1) is 15.9. The smallest absolute Gasteiger partial charge is 0.223 e. The van der Waals surface area contributed by atoms with Gasteiger partial charge in [0.25, 0.3) is 0 Å². The second kappa shape index (κ2) is 7.08. The van der Waals surface area contributed by atoms with Crippen molar-refractivity contribution in [1.82, 2.24) is 19.9 Å². The van der Waals surface area contributed by atoms with Gasteiger partial charge < -0.3 is 9.64 Å². The Kier molecular flexibility index (Phi) is 4.91. The van der Waals surface area contributed by atoms with Crippen LogP contribution in [0.4, 0.5) is 0 Å². The number of hydrogen-bond acceptors (Lipinski definition) is 4. The van der Waals surface area contributed by atoms with Crippen LogP contribution in [0, 0.1) is 5.92 Å². The highest BCUT2D eigenvalue weighted by Crippen LogP contribution is 2.29. The fraction of sp³-hybridized carbons (Fsp3) is 0.588. The van der Waals surface area contributed by atoms with Crippen molar-refractivity contribution in [3.8, 4) is 0 Å². The Morgan fingerprint density at radius 3 is 3.17 bits per heavy atom. The highest BCUT2D eigenvalue weighted by molar-refractivity contribution is 5.77. The summed E-state index contributed by atoms with van der Waals surface area (Å²) in [5, 5.41) is 8.34. The Hall–Kier alpha value is -1.95. The van der Waals surface area contributed by atoms with E-state index in [-0.39, 0.29) is 11.8 Å². The minimum Gasteiger partial charge on any atom is -0.377 e. The van der Waals surface area contributed by atoms with E-state index in [1.165, 1.54) is 0 Å². The van der Waals surface area contributed by atoms with E-state index in [0.29, 0.717) is 38.6 Å². The second-order valence-corrected chi connectivity index (χ2v) is 6.31. The van der Waals surface area contributed by atoms with Crippen molar-refractivity contribution in [2.45, 2.75) is 31.7 Å². The molecule has 0 aromatic carbocycles. The minimum atomic E-state index is 0.113. The van der Waals surface area contributed by atoms with Crippen LogP contribution in [0.5, 0.6) is 0 Å². The van der Waals surface area contributed by atoms with Gasteiger partial charge in [-0.1, -0.05) is 23.4 Å². The van der Waals surface area contributed by atoms with Crippen LogP contribution in [0.15, 0.2) is 24.8 Å². The number of ether oxygens (including phenoxy) is 1. The number of hydrogen-bond donors (Lipinski definition) is 0. The molecule has 2 heterocycles. The van der Waals surface area contributed by atoms with Gasteiger partial charge in [0.2, 0.25) is 5.91 Å². The molecule has 23 heavy (non-hydrogen) atoms. The molecule has 6 nitrogen and oxygen atoms in total. The third-order valence-electron chi connectivity index (χ3n) is 4.57. The van der Waals surface area contributed by atoms with Gasteiger partial charge in [-0.3, -0.25) is 9.48 Å². The molecule has 0 saturated carbocycles. The monoisotopic (exact) mass is 316 g/mol. The van der Waals surface area contributed by atoms with Crippen LogP contribution in [0.3, 0.4) is 0 Å². The van der Waals surface area contributed by atoms with E-state index in [4.69, 9.17) is 4.74 Å². The van der Waals surface area contributed by atoms with Gasteiger partial charge in [-0.15, -0.1) is 11.7 Å². The maximum atomic E-state index is 12.6. The van der Waals surface area contributed by atoms with E-state index >= 15 is 0 Å². The SMILES string of the molecule is C=CCOC[C@@H]1CN(C(=O)C[C@H]2C=CCC2)Cc2nnn(C)c21. The summed E-state index contributed by atoms with van der Waals surface area (Å²) in [6.07, 6.45) is 8.83. The molecule has 2 atom stereocenters. The number of fused-ring (bicyclic) bond motifs is 1. The van der Waals surface area contributed by atoms with Crippen LogP contribution in [0.1, 0.15) is 36.6 Å². The number of allylic oxidation sites excluding steroid dienone is 2. The Labute approximate surface area is 136 Å². The molecule has 0 saturated heterocycles. The largest absolute Gasteiger partial charge is 0.377 e. The molecule has 124 valence electrons. The zero-order valence-corrected chi connectivity index (χ0v) is 13.6. The maximum absolute atomic E-state index is 12.6. The molecule has 3 rings (SSSR count). The topological polar surface area (TPSA) is 60.2 Å². The van der Waals surface area contributed by atoms with Gasteiger partial charge in [-0.05, 0) is 18.8 Å². The second-order valence-electron chi connectivity index (χ2n) is 6.31. The Balaban J connectivity index is 1.70. The highest BCUT2D eigenvalue weighted by Gasteiger charge is 2.33. The third-order valence-corrected chi connectivity index (χ3v) is 4.57. The lowest BCUT2D eigenvalue weighted by Gasteiger charge is -2.32. The normalized spacial score (nSPS) is 23.1. The predicted octanol–water partition coefficient (Wildman–Crippen LogP) is 1.80. The van der Waals surface area contributed by atoms with Crippen LogP contribution in [-0.2, 0) is 23.1 Å². The summed E-state index contributed by atoms with van der Waals surface area (Å²) in [7, 11) is 1.90. The molecule has 0 spiro atoms. The fourth-order valence-corrected chi connectivity index (χ4v) is 3.45. The highest BCUT2D eigenvalue weighted by atomic mass is 16.5. The Morgan fingerprint density at radius 1 is 1.57 bits per heavy atom. The molecule has 2 aliphatic rings. The fourth-order valence-electron chi connectivity index (χ4n) is 3.45. The zero-order chi connectivity index (χ0) is 16.2. The molecule has 1 amide bonds. The summed E-state index contributed by atoms with van der Waals surface area (Å²) in [6.45, 7) is 5.95. The van der Waals surface area contributed by atoms with Crippen LogP contribution >= 0.6 is 0 Å². The number of carbonyl (C=O) groups excluding carboxylic acids is 1.